The van der Waals surface area contributed by atoms with E-state index in [9.17, 15) is 9.90 Å². The molecule has 0 aliphatic rings. The van der Waals surface area contributed by atoms with Crippen LogP contribution in [0.2, 0.25) is 0 Å². The Morgan fingerprint density at radius 1 is 1.32 bits per heavy atom. The molecule has 2 atom stereocenters. The Morgan fingerprint density at radius 3 is 2.42 bits per heavy atom. The van der Waals surface area contributed by atoms with Gasteiger partial charge < -0.3 is 15.2 Å². The van der Waals surface area contributed by atoms with E-state index < -0.39 is 17.8 Å². The zero-order valence-corrected chi connectivity index (χ0v) is 12.0. The van der Waals surface area contributed by atoms with Gasteiger partial charge in [-0.05, 0) is 39.7 Å². The van der Waals surface area contributed by atoms with Crippen LogP contribution in [0.4, 0.5) is 4.79 Å². The lowest BCUT2D eigenvalue weighted by molar-refractivity contribution is 0.0489. The molecule has 0 bridgehead atoms. The molecule has 0 aliphatic heterocycles. The number of benzene rings is 1. The minimum Gasteiger partial charge on any atom is -0.444 e. The van der Waals surface area contributed by atoms with Gasteiger partial charge in [0.1, 0.15) is 5.60 Å². The first-order valence-electron chi connectivity index (χ1n) is 6.50. The summed E-state index contributed by atoms with van der Waals surface area (Å²) < 4.78 is 5.16. The van der Waals surface area contributed by atoms with Crippen molar-refractivity contribution in [2.24, 2.45) is 0 Å². The predicted octanol–water partition coefficient (Wildman–Crippen LogP) is 3.02. The highest BCUT2D eigenvalue weighted by Gasteiger charge is 2.19. The number of rotatable bonds is 4. The number of aliphatic hydroxyl groups excluding tert-OH is 1. The summed E-state index contributed by atoms with van der Waals surface area (Å²) in [7, 11) is 0. The van der Waals surface area contributed by atoms with Crippen LogP contribution >= 0.6 is 0 Å². The first-order chi connectivity index (χ1) is 8.78. The molecule has 2 N–H and O–H groups in total. The van der Waals surface area contributed by atoms with E-state index in [0.29, 0.717) is 6.42 Å². The molecule has 1 rings (SSSR count). The van der Waals surface area contributed by atoms with Crippen LogP contribution in [0.1, 0.15) is 45.8 Å². The summed E-state index contributed by atoms with van der Waals surface area (Å²) in [5.74, 6) is 0. The summed E-state index contributed by atoms with van der Waals surface area (Å²) in [5.41, 5.74) is 0.335. The molecule has 0 spiro atoms. The lowest BCUT2D eigenvalue weighted by Crippen LogP contribution is -2.38. The van der Waals surface area contributed by atoms with E-state index in [1.165, 1.54) is 0 Å². The number of aliphatic hydroxyl groups is 1. The monoisotopic (exact) mass is 265 g/mol. The average Bonchev–Trinajstić information content (AvgIpc) is 2.27. The van der Waals surface area contributed by atoms with Gasteiger partial charge in [0, 0.05) is 6.04 Å². The number of nitrogens with one attached hydrogen (secondary N) is 1. The van der Waals surface area contributed by atoms with Gasteiger partial charge in [0.05, 0.1) is 6.10 Å². The Balaban J connectivity index is 2.43. The molecule has 106 valence electrons. The Hall–Kier alpha value is -1.55. The van der Waals surface area contributed by atoms with Gasteiger partial charge in [0.2, 0.25) is 0 Å². The molecule has 2 unspecified atom stereocenters. The normalized spacial score (nSPS) is 14.6. The first-order valence-corrected chi connectivity index (χ1v) is 6.50. The van der Waals surface area contributed by atoms with E-state index >= 15 is 0 Å². The van der Waals surface area contributed by atoms with Crippen LogP contribution in [0.3, 0.4) is 0 Å². The van der Waals surface area contributed by atoms with E-state index in [2.05, 4.69) is 5.32 Å². The maximum Gasteiger partial charge on any atom is 0.407 e. The highest BCUT2D eigenvalue weighted by atomic mass is 16.6. The minimum absolute atomic E-state index is 0.162. The Labute approximate surface area is 114 Å². The van der Waals surface area contributed by atoms with Gasteiger partial charge in [-0.15, -0.1) is 0 Å². The zero-order valence-electron chi connectivity index (χ0n) is 12.0. The third-order valence-electron chi connectivity index (χ3n) is 2.52. The maximum atomic E-state index is 11.6. The summed E-state index contributed by atoms with van der Waals surface area (Å²) >= 11 is 0. The summed E-state index contributed by atoms with van der Waals surface area (Å²) in [6, 6.07) is 9.23. The van der Waals surface area contributed by atoms with Gasteiger partial charge >= 0.3 is 6.09 Å². The van der Waals surface area contributed by atoms with Crippen molar-refractivity contribution >= 4 is 6.09 Å². The van der Waals surface area contributed by atoms with Crippen LogP contribution in [0.5, 0.6) is 0 Å². The number of carbonyl (C=O) groups is 1. The van der Waals surface area contributed by atoms with E-state index in [-0.39, 0.29) is 6.04 Å². The molecule has 4 heteroatoms. The molecule has 0 heterocycles. The molecule has 0 saturated carbocycles. The molecule has 1 aromatic rings. The number of ether oxygens (including phenoxy) is 1. The van der Waals surface area contributed by atoms with E-state index in [1.807, 2.05) is 58.0 Å². The van der Waals surface area contributed by atoms with Crippen LogP contribution in [0.15, 0.2) is 30.3 Å². The zero-order chi connectivity index (χ0) is 14.5. The number of hydrogen-bond acceptors (Lipinski definition) is 3. The summed E-state index contributed by atoms with van der Waals surface area (Å²) in [6.45, 7) is 7.29. The molecule has 0 saturated heterocycles. The predicted molar refractivity (Wildman–Crippen MR) is 74.9 cm³/mol. The topological polar surface area (TPSA) is 58.6 Å². The van der Waals surface area contributed by atoms with Crippen molar-refractivity contribution in [3.05, 3.63) is 35.9 Å². The molecular formula is C15H23NO3. The van der Waals surface area contributed by atoms with Crippen molar-refractivity contribution in [2.75, 3.05) is 0 Å². The molecule has 1 aromatic carbocycles. The third-order valence-corrected chi connectivity index (χ3v) is 2.52. The quantitative estimate of drug-likeness (QED) is 0.879. The SMILES string of the molecule is CC(CC(O)c1ccccc1)NC(=O)OC(C)(C)C. The Kier molecular flexibility index (Phi) is 5.36. The van der Waals surface area contributed by atoms with Crippen molar-refractivity contribution in [3.8, 4) is 0 Å². The van der Waals surface area contributed by atoms with Crippen molar-refractivity contribution in [1.82, 2.24) is 5.32 Å². The van der Waals surface area contributed by atoms with Crippen molar-refractivity contribution in [2.45, 2.75) is 51.9 Å². The van der Waals surface area contributed by atoms with Crippen molar-refractivity contribution in [1.29, 1.82) is 0 Å². The summed E-state index contributed by atoms with van der Waals surface area (Å²) in [5, 5.41) is 12.8. The second-order valence-corrected chi connectivity index (χ2v) is 5.71. The minimum atomic E-state index is -0.592. The second kappa shape index (κ2) is 6.57. The van der Waals surface area contributed by atoms with Crippen molar-refractivity contribution in [3.63, 3.8) is 0 Å². The van der Waals surface area contributed by atoms with Crippen LogP contribution in [-0.2, 0) is 4.74 Å². The Bertz CT molecular complexity index is 398. The molecule has 0 fully saturated rings. The molecule has 0 radical (unpaired) electrons. The fraction of sp³-hybridized carbons (Fsp3) is 0.533. The van der Waals surface area contributed by atoms with Crippen molar-refractivity contribution < 1.29 is 14.6 Å². The average molecular weight is 265 g/mol. The third kappa shape index (κ3) is 6.25. The lowest BCUT2D eigenvalue weighted by Gasteiger charge is -2.23. The summed E-state index contributed by atoms with van der Waals surface area (Å²) in [4.78, 5) is 11.6. The van der Waals surface area contributed by atoms with Gasteiger partial charge in [0.15, 0.2) is 0 Å². The second-order valence-electron chi connectivity index (χ2n) is 5.71. The molecule has 4 nitrogen and oxygen atoms in total. The number of hydrogen-bond donors (Lipinski definition) is 2. The smallest absolute Gasteiger partial charge is 0.407 e. The standard InChI is InChI=1S/C15H23NO3/c1-11(16-14(18)19-15(2,3)4)10-13(17)12-8-6-5-7-9-12/h5-9,11,13,17H,10H2,1-4H3,(H,16,18). The van der Waals surface area contributed by atoms with Gasteiger partial charge in [-0.3, -0.25) is 0 Å². The number of alkyl carbamates (subject to hydrolysis) is 1. The highest BCUT2D eigenvalue weighted by molar-refractivity contribution is 5.68. The molecule has 19 heavy (non-hydrogen) atoms. The van der Waals surface area contributed by atoms with Crippen LogP contribution < -0.4 is 5.32 Å². The van der Waals surface area contributed by atoms with Crippen LogP contribution in [0, 0.1) is 0 Å². The molecule has 0 aliphatic carbocycles. The number of amides is 1. The van der Waals surface area contributed by atoms with E-state index in [1.54, 1.807) is 0 Å². The van der Waals surface area contributed by atoms with Gasteiger partial charge in [-0.1, -0.05) is 30.3 Å². The van der Waals surface area contributed by atoms with Crippen LogP contribution in [0.25, 0.3) is 0 Å². The highest BCUT2D eigenvalue weighted by Crippen LogP contribution is 2.18. The molecule has 1 amide bonds. The Morgan fingerprint density at radius 2 is 1.89 bits per heavy atom. The first kappa shape index (κ1) is 15.5. The number of carbonyl (C=O) groups excluding carboxylic acids is 1. The lowest BCUT2D eigenvalue weighted by atomic mass is 10.0. The maximum absolute atomic E-state index is 11.6. The largest absolute Gasteiger partial charge is 0.444 e. The van der Waals surface area contributed by atoms with Gasteiger partial charge in [-0.2, -0.15) is 0 Å². The van der Waals surface area contributed by atoms with E-state index in [0.717, 1.165) is 5.56 Å². The summed E-state index contributed by atoms with van der Waals surface area (Å²) in [6.07, 6.45) is -0.602. The molecular weight excluding hydrogens is 242 g/mol. The van der Waals surface area contributed by atoms with Crippen LogP contribution in [-0.4, -0.2) is 22.8 Å². The van der Waals surface area contributed by atoms with Gasteiger partial charge in [0.25, 0.3) is 0 Å². The van der Waals surface area contributed by atoms with E-state index in [4.69, 9.17) is 4.74 Å². The fourth-order valence-electron chi connectivity index (χ4n) is 1.71. The van der Waals surface area contributed by atoms with Gasteiger partial charge in [-0.25, -0.2) is 4.79 Å². The molecule has 0 aromatic heterocycles. The fourth-order valence-corrected chi connectivity index (χ4v) is 1.71.